The topological polar surface area (TPSA) is 47.0 Å². The van der Waals surface area contributed by atoms with E-state index in [0.717, 1.165) is 5.56 Å². The molecule has 0 saturated carbocycles. The highest BCUT2D eigenvalue weighted by Gasteiger charge is 2.09. The van der Waals surface area contributed by atoms with Crippen LogP contribution in [0.2, 0.25) is 10.0 Å². The van der Waals surface area contributed by atoms with Gasteiger partial charge >= 0.3 is 0 Å². The van der Waals surface area contributed by atoms with Gasteiger partial charge in [0.15, 0.2) is 0 Å². The summed E-state index contributed by atoms with van der Waals surface area (Å²) in [6.07, 6.45) is 1.47. The van der Waals surface area contributed by atoms with Crippen LogP contribution in [-0.4, -0.2) is 17.0 Å². The first kappa shape index (κ1) is 12.9. The SMILES string of the molecule is CNc1ncc(Cl)c(Oc2ccc(C)cc2Cl)n1. The van der Waals surface area contributed by atoms with E-state index in [-0.39, 0.29) is 5.88 Å². The van der Waals surface area contributed by atoms with Crippen LogP contribution in [-0.2, 0) is 0 Å². The van der Waals surface area contributed by atoms with Gasteiger partial charge in [0.05, 0.1) is 11.2 Å². The van der Waals surface area contributed by atoms with Crippen molar-refractivity contribution in [2.24, 2.45) is 0 Å². The number of nitrogens with zero attached hydrogens (tertiary/aromatic N) is 2. The highest BCUT2D eigenvalue weighted by atomic mass is 35.5. The average Bonchev–Trinajstić information content (AvgIpc) is 2.35. The van der Waals surface area contributed by atoms with E-state index in [1.165, 1.54) is 6.20 Å². The van der Waals surface area contributed by atoms with Gasteiger partial charge in [-0.15, -0.1) is 0 Å². The zero-order valence-electron chi connectivity index (χ0n) is 9.87. The molecule has 0 unspecified atom stereocenters. The fourth-order valence-corrected chi connectivity index (χ4v) is 1.74. The van der Waals surface area contributed by atoms with Gasteiger partial charge in [-0.2, -0.15) is 4.98 Å². The fraction of sp³-hybridized carbons (Fsp3) is 0.167. The van der Waals surface area contributed by atoms with E-state index < -0.39 is 0 Å². The molecule has 18 heavy (non-hydrogen) atoms. The van der Waals surface area contributed by atoms with Gasteiger partial charge in [-0.3, -0.25) is 0 Å². The van der Waals surface area contributed by atoms with Crippen LogP contribution in [0.3, 0.4) is 0 Å². The lowest BCUT2D eigenvalue weighted by molar-refractivity contribution is 0.463. The molecule has 2 rings (SSSR count). The maximum absolute atomic E-state index is 6.08. The minimum atomic E-state index is 0.266. The van der Waals surface area contributed by atoms with Crippen LogP contribution in [0.15, 0.2) is 24.4 Å². The van der Waals surface area contributed by atoms with Gasteiger partial charge in [0.25, 0.3) is 0 Å². The van der Waals surface area contributed by atoms with Gasteiger partial charge in [-0.05, 0) is 24.6 Å². The molecule has 1 heterocycles. The molecule has 0 amide bonds. The van der Waals surface area contributed by atoms with E-state index in [9.17, 15) is 0 Å². The summed E-state index contributed by atoms with van der Waals surface area (Å²) in [5, 5.41) is 3.64. The lowest BCUT2D eigenvalue weighted by atomic mass is 10.2. The Labute approximate surface area is 115 Å². The largest absolute Gasteiger partial charge is 0.436 e. The molecule has 0 aliphatic rings. The molecule has 1 aromatic heterocycles. The van der Waals surface area contributed by atoms with Crippen LogP contribution in [0, 0.1) is 6.92 Å². The molecule has 0 bridgehead atoms. The molecule has 2 aromatic rings. The summed E-state index contributed by atoms with van der Waals surface area (Å²) in [5.41, 5.74) is 1.05. The lowest BCUT2D eigenvalue weighted by Gasteiger charge is -2.09. The Morgan fingerprint density at radius 1 is 1.22 bits per heavy atom. The van der Waals surface area contributed by atoms with Crippen molar-refractivity contribution in [3.05, 3.63) is 40.0 Å². The number of benzene rings is 1. The molecule has 1 N–H and O–H groups in total. The molecule has 0 radical (unpaired) electrons. The Bertz CT molecular complexity index is 575. The quantitative estimate of drug-likeness (QED) is 0.927. The molecule has 1 aromatic carbocycles. The van der Waals surface area contributed by atoms with E-state index in [1.54, 1.807) is 13.1 Å². The van der Waals surface area contributed by atoms with E-state index in [0.29, 0.717) is 21.7 Å². The number of hydrogen-bond acceptors (Lipinski definition) is 4. The number of nitrogens with one attached hydrogen (secondary N) is 1. The monoisotopic (exact) mass is 283 g/mol. The third-order valence-corrected chi connectivity index (χ3v) is 2.78. The molecule has 0 aliphatic carbocycles. The highest BCUT2D eigenvalue weighted by molar-refractivity contribution is 6.32. The second-order valence-electron chi connectivity index (χ2n) is 3.63. The first-order valence-corrected chi connectivity index (χ1v) is 6.00. The number of halogens is 2. The molecular weight excluding hydrogens is 273 g/mol. The number of anilines is 1. The van der Waals surface area contributed by atoms with Crippen molar-refractivity contribution in [1.29, 1.82) is 0 Å². The maximum atomic E-state index is 6.08. The first-order chi connectivity index (χ1) is 8.60. The number of rotatable bonds is 3. The predicted molar refractivity (Wildman–Crippen MR) is 72.9 cm³/mol. The minimum Gasteiger partial charge on any atom is -0.436 e. The van der Waals surface area contributed by atoms with Crippen molar-refractivity contribution in [2.45, 2.75) is 6.92 Å². The zero-order chi connectivity index (χ0) is 13.1. The second-order valence-corrected chi connectivity index (χ2v) is 4.45. The van der Waals surface area contributed by atoms with Crippen molar-refractivity contribution in [2.75, 3.05) is 12.4 Å². The summed E-state index contributed by atoms with van der Waals surface area (Å²) in [6, 6.07) is 5.48. The van der Waals surface area contributed by atoms with Crippen LogP contribution in [0.5, 0.6) is 11.6 Å². The fourth-order valence-electron chi connectivity index (χ4n) is 1.34. The van der Waals surface area contributed by atoms with Gasteiger partial charge in [-0.1, -0.05) is 29.3 Å². The van der Waals surface area contributed by atoms with Gasteiger partial charge in [0.2, 0.25) is 11.8 Å². The summed E-state index contributed by atoms with van der Waals surface area (Å²) in [4.78, 5) is 8.08. The van der Waals surface area contributed by atoms with E-state index in [1.807, 2.05) is 19.1 Å². The number of aryl methyl sites for hydroxylation is 1. The first-order valence-electron chi connectivity index (χ1n) is 5.24. The van der Waals surface area contributed by atoms with Crippen molar-refractivity contribution < 1.29 is 4.74 Å². The normalized spacial score (nSPS) is 10.2. The Hall–Kier alpha value is -1.52. The molecule has 0 aliphatic heterocycles. The van der Waals surface area contributed by atoms with Crippen molar-refractivity contribution in [3.63, 3.8) is 0 Å². The summed E-state index contributed by atoms with van der Waals surface area (Å²) < 4.78 is 5.58. The van der Waals surface area contributed by atoms with Crippen LogP contribution in [0.1, 0.15) is 5.56 Å². The summed E-state index contributed by atoms with van der Waals surface area (Å²) in [7, 11) is 1.71. The third-order valence-electron chi connectivity index (χ3n) is 2.23. The molecule has 4 nitrogen and oxygen atoms in total. The Morgan fingerprint density at radius 2 is 2.00 bits per heavy atom. The highest BCUT2D eigenvalue weighted by Crippen LogP contribution is 2.32. The van der Waals surface area contributed by atoms with Crippen molar-refractivity contribution in [3.8, 4) is 11.6 Å². The molecule has 0 fully saturated rings. The molecule has 6 heteroatoms. The van der Waals surface area contributed by atoms with E-state index >= 15 is 0 Å². The molecule has 0 spiro atoms. The van der Waals surface area contributed by atoms with E-state index in [4.69, 9.17) is 27.9 Å². The predicted octanol–water partition coefficient (Wildman–Crippen LogP) is 3.93. The van der Waals surface area contributed by atoms with Gasteiger partial charge in [0, 0.05) is 7.05 Å². The number of aromatic nitrogens is 2. The van der Waals surface area contributed by atoms with Crippen LogP contribution in [0.25, 0.3) is 0 Å². The number of ether oxygens (including phenoxy) is 1. The number of hydrogen-bond donors (Lipinski definition) is 1. The van der Waals surface area contributed by atoms with Crippen molar-refractivity contribution in [1.82, 2.24) is 9.97 Å². The Kier molecular flexibility index (Phi) is 3.89. The smallest absolute Gasteiger partial charge is 0.243 e. The van der Waals surface area contributed by atoms with Crippen LogP contribution < -0.4 is 10.1 Å². The second kappa shape index (κ2) is 5.42. The summed E-state index contributed by atoms with van der Waals surface area (Å²) >= 11 is 12.0. The lowest BCUT2D eigenvalue weighted by Crippen LogP contribution is -1.98. The van der Waals surface area contributed by atoms with Crippen LogP contribution in [0.4, 0.5) is 5.95 Å². The summed E-state index contributed by atoms with van der Waals surface area (Å²) in [5.74, 6) is 1.20. The standard InChI is InChI=1S/C12H11Cl2N3O/c1-7-3-4-10(8(13)5-7)18-11-9(14)6-16-12(15-2)17-11/h3-6H,1-2H3,(H,15,16,17). The Balaban J connectivity index is 2.33. The summed E-state index contributed by atoms with van der Waals surface area (Å²) in [6.45, 7) is 1.95. The van der Waals surface area contributed by atoms with Gasteiger partial charge in [0.1, 0.15) is 10.8 Å². The third kappa shape index (κ3) is 2.83. The maximum Gasteiger partial charge on any atom is 0.243 e. The molecular formula is C12H11Cl2N3O. The zero-order valence-corrected chi connectivity index (χ0v) is 11.4. The Morgan fingerprint density at radius 3 is 2.67 bits per heavy atom. The van der Waals surface area contributed by atoms with Gasteiger partial charge < -0.3 is 10.1 Å². The molecule has 0 atom stereocenters. The van der Waals surface area contributed by atoms with Crippen LogP contribution >= 0.6 is 23.2 Å². The van der Waals surface area contributed by atoms with E-state index in [2.05, 4.69) is 15.3 Å². The average molecular weight is 284 g/mol. The molecule has 94 valence electrons. The van der Waals surface area contributed by atoms with Gasteiger partial charge in [-0.25, -0.2) is 4.98 Å². The van der Waals surface area contributed by atoms with Crippen molar-refractivity contribution >= 4 is 29.2 Å². The molecule has 0 saturated heterocycles. The minimum absolute atomic E-state index is 0.266.